The summed E-state index contributed by atoms with van der Waals surface area (Å²) in [4.78, 5) is 25.5. The van der Waals surface area contributed by atoms with Crippen LogP contribution in [0, 0.1) is 18.7 Å². The molecule has 1 aliphatic carbocycles. The van der Waals surface area contributed by atoms with Gasteiger partial charge in [0.2, 0.25) is 5.43 Å². The molecule has 4 rings (SSSR count). The van der Waals surface area contributed by atoms with Gasteiger partial charge in [-0.3, -0.25) is 4.79 Å². The largest absolute Gasteiger partial charge is 0.511 e. The smallest absolute Gasteiger partial charge is 0.449 e. The molecule has 7 nitrogen and oxygen atoms in total. The number of nitrogens with two attached hydrogens (primary N) is 1. The Balaban J connectivity index is 1.96. The van der Waals surface area contributed by atoms with E-state index in [2.05, 4.69) is 4.74 Å². The van der Waals surface area contributed by atoms with Crippen LogP contribution in [0.15, 0.2) is 17.1 Å². The van der Waals surface area contributed by atoms with E-state index < -0.39 is 40.9 Å². The lowest BCUT2D eigenvalue weighted by atomic mass is 9.92. The van der Waals surface area contributed by atoms with Gasteiger partial charge in [0.15, 0.2) is 5.75 Å². The van der Waals surface area contributed by atoms with Crippen LogP contribution in [0.5, 0.6) is 5.75 Å². The molecule has 1 aromatic heterocycles. The van der Waals surface area contributed by atoms with E-state index in [-0.39, 0.29) is 17.7 Å². The third kappa shape index (κ3) is 3.13. The molecule has 1 saturated heterocycles. The average molecular weight is 407 g/mol. The van der Waals surface area contributed by atoms with Gasteiger partial charge in [0.25, 0.3) is 0 Å². The second-order valence-electron chi connectivity index (χ2n) is 8.43. The number of aryl methyl sites for hydroxylation is 1. The van der Waals surface area contributed by atoms with E-state index in [1.165, 1.54) is 10.8 Å². The number of rotatable bonds is 3. The molecule has 2 unspecified atom stereocenters. The Morgan fingerprint density at radius 3 is 2.62 bits per heavy atom. The summed E-state index contributed by atoms with van der Waals surface area (Å²) in [7, 11) is 0. The summed E-state index contributed by atoms with van der Waals surface area (Å²) in [5, 5.41) is 8.86. The zero-order valence-electron chi connectivity index (χ0n) is 16.4. The molecule has 2 fully saturated rings. The van der Waals surface area contributed by atoms with Crippen LogP contribution in [0.25, 0.3) is 10.9 Å². The van der Waals surface area contributed by atoms with Gasteiger partial charge < -0.3 is 25.0 Å². The molecule has 1 aromatic carbocycles. The zero-order valence-corrected chi connectivity index (χ0v) is 16.4. The number of aromatic nitrogens is 1. The molecular formula is C20H23F2N3O4. The molecular weight excluding hydrogens is 384 g/mol. The van der Waals surface area contributed by atoms with Crippen LogP contribution in [0.2, 0.25) is 0 Å². The number of hydrogen-bond donors (Lipinski definition) is 2. The van der Waals surface area contributed by atoms with Crippen LogP contribution in [0.1, 0.15) is 31.9 Å². The summed E-state index contributed by atoms with van der Waals surface area (Å²) in [6.07, 6.45) is -1.34. The Morgan fingerprint density at radius 2 is 2.10 bits per heavy atom. The summed E-state index contributed by atoms with van der Waals surface area (Å²) < 4.78 is 35.1. The van der Waals surface area contributed by atoms with Gasteiger partial charge in [0, 0.05) is 25.0 Å². The maximum absolute atomic E-state index is 15.1. The molecule has 2 aliphatic rings. The van der Waals surface area contributed by atoms with Gasteiger partial charge in [-0.25, -0.2) is 13.6 Å². The Kier molecular flexibility index (Phi) is 4.34. The Labute approximate surface area is 165 Å². The summed E-state index contributed by atoms with van der Waals surface area (Å²) >= 11 is 0. The van der Waals surface area contributed by atoms with E-state index in [4.69, 9.17) is 10.8 Å². The van der Waals surface area contributed by atoms with Crippen molar-refractivity contribution in [2.75, 3.05) is 18.0 Å². The lowest BCUT2D eigenvalue weighted by molar-refractivity contribution is 0.143. The van der Waals surface area contributed by atoms with Crippen molar-refractivity contribution in [2.45, 2.75) is 44.9 Å². The molecule has 0 bridgehead atoms. The number of anilines is 1. The predicted octanol–water partition coefficient (Wildman–Crippen LogP) is 2.96. The summed E-state index contributed by atoms with van der Waals surface area (Å²) in [6, 6.07) is 0.529. The van der Waals surface area contributed by atoms with Crippen LogP contribution in [-0.4, -0.2) is 40.6 Å². The minimum atomic E-state index is -1.66. The molecule has 0 radical (unpaired) electrons. The number of halogens is 2. The number of carbonyl (C=O) groups is 1. The van der Waals surface area contributed by atoms with E-state index in [0.717, 1.165) is 6.07 Å². The second kappa shape index (κ2) is 6.41. The zero-order chi connectivity index (χ0) is 21.2. The van der Waals surface area contributed by atoms with Crippen molar-refractivity contribution in [3.05, 3.63) is 33.9 Å². The first kappa shape index (κ1) is 19.6. The maximum Gasteiger partial charge on any atom is 0.511 e. The fraction of sp³-hybridized carbons (Fsp3) is 0.500. The van der Waals surface area contributed by atoms with Gasteiger partial charge in [0.05, 0.1) is 28.8 Å². The quantitative estimate of drug-likeness (QED) is 0.760. The minimum Gasteiger partial charge on any atom is -0.449 e. The fourth-order valence-corrected chi connectivity index (χ4v) is 4.24. The second-order valence-corrected chi connectivity index (χ2v) is 8.43. The van der Waals surface area contributed by atoms with Gasteiger partial charge >= 0.3 is 6.16 Å². The molecule has 0 amide bonds. The highest BCUT2D eigenvalue weighted by Gasteiger charge is 2.42. The molecule has 1 aliphatic heterocycles. The average Bonchev–Trinajstić information content (AvgIpc) is 3.26. The lowest BCUT2D eigenvalue weighted by Gasteiger charge is -2.26. The van der Waals surface area contributed by atoms with Crippen molar-refractivity contribution >= 4 is 22.7 Å². The first-order valence-electron chi connectivity index (χ1n) is 9.48. The number of benzene rings is 1. The Hall–Kier alpha value is -2.68. The van der Waals surface area contributed by atoms with E-state index >= 15 is 4.39 Å². The maximum atomic E-state index is 15.1. The monoisotopic (exact) mass is 407 g/mol. The van der Waals surface area contributed by atoms with Crippen molar-refractivity contribution < 1.29 is 23.4 Å². The minimum absolute atomic E-state index is 0.0376. The number of nitrogens with zero attached hydrogens (tertiary/aromatic N) is 2. The summed E-state index contributed by atoms with van der Waals surface area (Å²) in [5.74, 6) is -0.951. The van der Waals surface area contributed by atoms with Gasteiger partial charge in [-0.15, -0.1) is 0 Å². The van der Waals surface area contributed by atoms with E-state index in [0.29, 0.717) is 29.9 Å². The number of ether oxygens (including phenoxy) is 1. The van der Waals surface area contributed by atoms with E-state index in [9.17, 15) is 14.0 Å². The molecule has 3 N–H and O–H groups in total. The molecule has 29 heavy (non-hydrogen) atoms. The molecule has 2 heterocycles. The van der Waals surface area contributed by atoms with Crippen molar-refractivity contribution in [2.24, 2.45) is 11.7 Å². The molecule has 9 heteroatoms. The molecule has 156 valence electrons. The Bertz CT molecular complexity index is 1080. The van der Waals surface area contributed by atoms with Crippen molar-refractivity contribution in [1.29, 1.82) is 0 Å². The van der Waals surface area contributed by atoms with Crippen LogP contribution in [0.3, 0.4) is 0 Å². The highest BCUT2D eigenvalue weighted by Crippen LogP contribution is 2.43. The molecule has 1 saturated carbocycles. The first-order valence-corrected chi connectivity index (χ1v) is 9.48. The van der Waals surface area contributed by atoms with Crippen molar-refractivity contribution in [3.63, 3.8) is 0 Å². The topological polar surface area (TPSA) is 97.8 Å². The number of carboxylic acid groups (broad SMARTS) is 1. The van der Waals surface area contributed by atoms with E-state index in [1.54, 1.807) is 6.92 Å². The van der Waals surface area contributed by atoms with Gasteiger partial charge in [-0.1, -0.05) is 6.92 Å². The van der Waals surface area contributed by atoms with Gasteiger partial charge in [-0.2, -0.15) is 0 Å². The third-order valence-corrected chi connectivity index (χ3v) is 6.15. The van der Waals surface area contributed by atoms with E-state index in [1.807, 2.05) is 18.7 Å². The van der Waals surface area contributed by atoms with Gasteiger partial charge in [0.1, 0.15) is 12.0 Å². The van der Waals surface area contributed by atoms with Crippen molar-refractivity contribution in [3.8, 4) is 5.75 Å². The normalized spacial score (nSPS) is 28.8. The lowest BCUT2D eigenvalue weighted by Crippen LogP contribution is -2.43. The first-order chi connectivity index (χ1) is 13.5. The van der Waals surface area contributed by atoms with Crippen LogP contribution in [-0.2, 0) is 0 Å². The van der Waals surface area contributed by atoms with Crippen LogP contribution in [0.4, 0.5) is 19.3 Å². The van der Waals surface area contributed by atoms with Crippen molar-refractivity contribution in [1.82, 2.24) is 4.57 Å². The van der Waals surface area contributed by atoms with Gasteiger partial charge in [-0.05, 0) is 31.4 Å². The molecule has 4 atom stereocenters. The standard InChI is InChI=1S/C20H23F2N3O4/c1-9-6-24(8-20(9,3)23)17-10(2)16-11(4-13(17)22)18(26)15(29-19(27)28)7-25(16)14-5-12(14)21/h4,7,9,12,14H,5-6,8,23H2,1-3H3,(H,27,28)/t9?,12-,14+,20?/m0/s1. The number of alkyl halides is 1. The molecule has 2 aromatic rings. The molecule has 0 spiro atoms. The SMILES string of the molecule is Cc1c(N2CC(C)C(C)(N)C2)c(F)cc2c(=O)c(OC(=O)O)cn([C@@H]3C[C@@H]3F)c12. The highest BCUT2D eigenvalue weighted by atomic mass is 19.1. The fourth-order valence-electron chi connectivity index (χ4n) is 4.24. The number of pyridine rings is 1. The third-order valence-electron chi connectivity index (χ3n) is 6.15. The number of fused-ring (bicyclic) bond motifs is 1. The summed E-state index contributed by atoms with van der Waals surface area (Å²) in [5.41, 5.74) is 6.28. The van der Waals surface area contributed by atoms with Crippen LogP contribution < -0.4 is 20.8 Å². The van der Waals surface area contributed by atoms with Crippen LogP contribution >= 0.6 is 0 Å². The Morgan fingerprint density at radius 1 is 1.45 bits per heavy atom. The number of hydrogen-bond acceptors (Lipinski definition) is 5. The highest BCUT2D eigenvalue weighted by molar-refractivity contribution is 5.89. The summed E-state index contributed by atoms with van der Waals surface area (Å²) in [6.45, 7) is 6.58. The predicted molar refractivity (Wildman–Crippen MR) is 104 cm³/mol.